The van der Waals surface area contributed by atoms with Crippen LogP contribution in [0.15, 0.2) is 24.3 Å². The van der Waals surface area contributed by atoms with E-state index in [1.165, 1.54) is 5.56 Å². The van der Waals surface area contributed by atoms with Gasteiger partial charge in [-0.15, -0.1) is 10.2 Å². The van der Waals surface area contributed by atoms with Gasteiger partial charge in [-0.2, -0.15) is 0 Å². The fourth-order valence-electron chi connectivity index (χ4n) is 3.27. The highest BCUT2D eigenvalue weighted by Gasteiger charge is 2.19. The first kappa shape index (κ1) is 17.9. The molecule has 6 heteroatoms. The zero-order valence-corrected chi connectivity index (χ0v) is 15.6. The van der Waals surface area contributed by atoms with E-state index in [9.17, 15) is 0 Å². The molecular formula is C19H29N5O. The second-order valence-electron chi connectivity index (χ2n) is 6.57. The number of hydrogen-bond acceptors (Lipinski definition) is 5. The molecule has 1 aromatic heterocycles. The van der Waals surface area contributed by atoms with Crippen molar-refractivity contribution in [3.8, 4) is 5.75 Å². The van der Waals surface area contributed by atoms with E-state index in [2.05, 4.69) is 62.8 Å². The molecule has 3 rings (SSSR count). The van der Waals surface area contributed by atoms with E-state index in [0.29, 0.717) is 6.61 Å². The number of aromatic nitrogens is 3. The van der Waals surface area contributed by atoms with E-state index in [0.717, 1.165) is 63.1 Å². The van der Waals surface area contributed by atoms with Gasteiger partial charge in [0.25, 0.3) is 0 Å². The third-order valence-corrected chi connectivity index (χ3v) is 4.84. The Labute approximate surface area is 150 Å². The lowest BCUT2D eigenvalue weighted by atomic mass is 10.2. The molecule has 0 radical (unpaired) electrons. The van der Waals surface area contributed by atoms with Gasteiger partial charge in [-0.1, -0.05) is 19.1 Å². The third-order valence-electron chi connectivity index (χ3n) is 4.84. The molecule has 0 aliphatic carbocycles. The molecule has 1 saturated heterocycles. The van der Waals surface area contributed by atoms with Crippen LogP contribution in [-0.2, 0) is 26.6 Å². The van der Waals surface area contributed by atoms with Gasteiger partial charge in [0, 0.05) is 46.2 Å². The predicted octanol–water partition coefficient (Wildman–Crippen LogP) is 2.09. The Balaban J connectivity index is 1.47. The highest BCUT2D eigenvalue weighted by molar-refractivity contribution is 5.27. The van der Waals surface area contributed by atoms with Crippen LogP contribution in [0.25, 0.3) is 0 Å². The summed E-state index contributed by atoms with van der Waals surface area (Å²) < 4.78 is 7.64. The Hall–Kier alpha value is -1.92. The highest BCUT2D eigenvalue weighted by Crippen LogP contribution is 2.15. The van der Waals surface area contributed by atoms with E-state index in [1.54, 1.807) is 0 Å². The molecule has 25 heavy (non-hydrogen) atoms. The summed E-state index contributed by atoms with van der Waals surface area (Å²) in [7, 11) is 2.07. The average Bonchev–Trinajstić information content (AvgIpc) is 2.98. The molecule has 2 heterocycles. The summed E-state index contributed by atoms with van der Waals surface area (Å²) in [5.41, 5.74) is 1.35. The molecule has 136 valence electrons. The number of piperazine rings is 1. The fourth-order valence-corrected chi connectivity index (χ4v) is 3.27. The molecule has 1 aromatic carbocycles. The SMILES string of the molecule is CCOc1ccc(CN2CCN(Cc3nnc(CC)n3C)CC2)cc1. The molecule has 2 aromatic rings. The number of aryl methyl sites for hydroxylation is 1. The van der Waals surface area contributed by atoms with Crippen LogP contribution in [0.1, 0.15) is 31.1 Å². The van der Waals surface area contributed by atoms with E-state index >= 15 is 0 Å². The smallest absolute Gasteiger partial charge is 0.146 e. The van der Waals surface area contributed by atoms with Gasteiger partial charge < -0.3 is 9.30 Å². The lowest BCUT2D eigenvalue weighted by molar-refractivity contribution is 0.119. The fraction of sp³-hybridized carbons (Fsp3) is 0.579. The molecule has 1 fully saturated rings. The van der Waals surface area contributed by atoms with Crippen LogP contribution >= 0.6 is 0 Å². The van der Waals surface area contributed by atoms with Gasteiger partial charge in [0.15, 0.2) is 0 Å². The summed E-state index contributed by atoms with van der Waals surface area (Å²) in [6.07, 6.45) is 0.930. The Kier molecular flexibility index (Phi) is 6.04. The van der Waals surface area contributed by atoms with Crippen molar-refractivity contribution < 1.29 is 4.74 Å². The standard InChI is InChI=1S/C19H29N5O/c1-4-18-20-21-19(22(18)3)15-24-12-10-23(11-13-24)14-16-6-8-17(9-7-16)25-5-2/h6-9H,4-5,10-15H2,1-3H3. The van der Waals surface area contributed by atoms with Gasteiger partial charge in [-0.25, -0.2) is 0 Å². The molecule has 1 aliphatic heterocycles. The van der Waals surface area contributed by atoms with Crippen LogP contribution in [0.3, 0.4) is 0 Å². The Morgan fingerprint density at radius 2 is 1.48 bits per heavy atom. The minimum absolute atomic E-state index is 0.715. The minimum atomic E-state index is 0.715. The molecule has 0 saturated carbocycles. The average molecular weight is 343 g/mol. The molecular weight excluding hydrogens is 314 g/mol. The maximum Gasteiger partial charge on any atom is 0.146 e. The summed E-state index contributed by atoms with van der Waals surface area (Å²) in [6, 6.07) is 8.47. The van der Waals surface area contributed by atoms with Crippen molar-refractivity contribution in [1.29, 1.82) is 0 Å². The topological polar surface area (TPSA) is 46.4 Å². The first-order chi connectivity index (χ1) is 12.2. The van der Waals surface area contributed by atoms with E-state index < -0.39 is 0 Å². The predicted molar refractivity (Wildman–Crippen MR) is 98.5 cm³/mol. The maximum absolute atomic E-state index is 5.51. The van der Waals surface area contributed by atoms with Gasteiger partial charge in [-0.05, 0) is 24.6 Å². The van der Waals surface area contributed by atoms with Crippen molar-refractivity contribution in [2.45, 2.75) is 33.4 Å². The van der Waals surface area contributed by atoms with Crippen LogP contribution in [-0.4, -0.2) is 57.4 Å². The number of hydrogen-bond donors (Lipinski definition) is 0. The van der Waals surface area contributed by atoms with Gasteiger partial charge in [0.05, 0.1) is 13.2 Å². The third kappa shape index (κ3) is 4.58. The van der Waals surface area contributed by atoms with Crippen LogP contribution < -0.4 is 4.74 Å². The van der Waals surface area contributed by atoms with E-state index in [1.807, 2.05) is 6.92 Å². The van der Waals surface area contributed by atoms with Crippen LogP contribution in [0, 0.1) is 0 Å². The first-order valence-electron chi connectivity index (χ1n) is 9.23. The second kappa shape index (κ2) is 8.45. The Bertz CT molecular complexity index is 659. The van der Waals surface area contributed by atoms with Crippen LogP contribution in [0.2, 0.25) is 0 Å². The minimum Gasteiger partial charge on any atom is -0.494 e. The van der Waals surface area contributed by atoms with Crippen molar-refractivity contribution >= 4 is 0 Å². The molecule has 1 aliphatic rings. The molecule has 6 nitrogen and oxygen atoms in total. The maximum atomic E-state index is 5.51. The summed E-state index contributed by atoms with van der Waals surface area (Å²) in [5, 5.41) is 8.59. The number of nitrogens with zero attached hydrogens (tertiary/aromatic N) is 5. The number of ether oxygens (including phenoxy) is 1. The zero-order valence-electron chi connectivity index (χ0n) is 15.6. The molecule has 0 spiro atoms. The number of benzene rings is 1. The van der Waals surface area contributed by atoms with Crippen molar-refractivity contribution in [1.82, 2.24) is 24.6 Å². The lowest BCUT2D eigenvalue weighted by Gasteiger charge is -2.34. The summed E-state index contributed by atoms with van der Waals surface area (Å²) in [4.78, 5) is 4.98. The number of rotatable bonds is 7. The van der Waals surface area contributed by atoms with Gasteiger partial charge in [0.1, 0.15) is 17.4 Å². The monoisotopic (exact) mass is 343 g/mol. The highest BCUT2D eigenvalue weighted by atomic mass is 16.5. The molecule has 0 N–H and O–H groups in total. The van der Waals surface area contributed by atoms with Gasteiger partial charge >= 0.3 is 0 Å². The van der Waals surface area contributed by atoms with Crippen LogP contribution in [0.5, 0.6) is 5.75 Å². The quantitative estimate of drug-likeness (QED) is 0.770. The van der Waals surface area contributed by atoms with Crippen molar-refractivity contribution in [3.63, 3.8) is 0 Å². The lowest BCUT2D eigenvalue weighted by Crippen LogP contribution is -2.45. The summed E-state index contributed by atoms with van der Waals surface area (Å²) >= 11 is 0. The largest absolute Gasteiger partial charge is 0.494 e. The Morgan fingerprint density at radius 1 is 0.880 bits per heavy atom. The molecule has 0 atom stereocenters. The van der Waals surface area contributed by atoms with Crippen molar-refractivity contribution in [2.24, 2.45) is 7.05 Å². The molecule has 0 unspecified atom stereocenters. The first-order valence-corrected chi connectivity index (χ1v) is 9.23. The second-order valence-corrected chi connectivity index (χ2v) is 6.57. The van der Waals surface area contributed by atoms with Gasteiger partial charge in [-0.3, -0.25) is 9.80 Å². The van der Waals surface area contributed by atoms with Crippen molar-refractivity contribution in [2.75, 3.05) is 32.8 Å². The van der Waals surface area contributed by atoms with Crippen LogP contribution in [0.4, 0.5) is 0 Å². The molecule has 0 amide bonds. The van der Waals surface area contributed by atoms with E-state index in [4.69, 9.17) is 4.74 Å². The zero-order chi connectivity index (χ0) is 17.6. The molecule has 0 bridgehead atoms. The van der Waals surface area contributed by atoms with E-state index in [-0.39, 0.29) is 0 Å². The summed E-state index contributed by atoms with van der Waals surface area (Å²) in [5.74, 6) is 3.08. The van der Waals surface area contributed by atoms with Gasteiger partial charge in [0.2, 0.25) is 0 Å². The normalized spacial score (nSPS) is 16.3. The summed E-state index contributed by atoms with van der Waals surface area (Å²) in [6.45, 7) is 11.1. The Morgan fingerprint density at radius 3 is 2.04 bits per heavy atom. The van der Waals surface area contributed by atoms with Crippen molar-refractivity contribution in [3.05, 3.63) is 41.5 Å².